The third-order valence-electron chi connectivity index (χ3n) is 5.09. The molecule has 3 fully saturated rings. The minimum absolute atomic E-state index is 0.206. The maximum absolute atomic E-state index is 11.9. The van der Waals surface area contributed by atoms with E-state index in [0.717, 1.165) is 24.3 Å². The molecule has 0 aromatic rings. The van der Waals surface area contributed by atoms with Gasteiger partial charge in [-0.15, -0.1) is 0 Å². The molecule has 0 radical (unpaired) electrons. The van der Waals surface area contributed by atoms with E-state index in [-0.39, 0.29) is 5.91 Å². The molecule has 3 aliphatic rings. The zero-order chi connectivity index (χ0) is 13.1. The van der Waals surface area contributed by atoms with E-state index in [4.69, 9.17) is 0 Å². The van der Waals surface area contributed by atoms with Crippen LogP contribution in [0.15, 0.2) is 0 Å². The van der Waals surface area contributed by atoms with E-state index in [1.54, 1.807) is 0 Å². The number of hydrogen-bond acceptors (Lipinski definition) is 2. The molecule has 0 bridgehead atoms. The van der Waals surface area contributed by atoms with Crippen molar-refractivity contribution in [2.45, 2.75) is 63.8 Å². The van der Waals surface area contributed by atoms with Crippen LogP contribution in [-0.4, -0.2) is 25.0 Å². The maximum Gasteiger partial charge on any atom is 0.234 e. The molecule has 0 heterocycles. The highest BCUT2D eigenvalue weighted by molar-refractivity contribution is 5.78. The average molecular weight is 264 g/mol. The summed E-state index contributed by atoms with van der Waals surface area (Å²) >= 11 is 0. The second-order valence-electron chi connectivity index (χ2n) is 6.87. The van der Waals surface area contributed by atoms with Gasteiger partial charge in [-0.25, -0.2) is 0 Å². The monoisotopic (exact) mass is 264 g/mol. The average Bonchev–Trinajstić information content (AvgIpc) is 3.29. The lowest BCUT2D eigenvalue weighted by Crippen LogP contribution is -2.42. The van der Waals surface area contributed by atoms with E-state index in [0.29, 0.717) is 12.6 Å². The standard InChI is InChI=1S/C16H28N2O/c19-16(18-14-4-2-1-3-5-14)11-17-10-15(12-6-7-12)13-8-9-13/h12-15,17H,1-11H2,(H,18,19). The van der Waals surface area contributed by atoms with Crippen LogP contribution in [0.2, 0.25) is 0 Å². The maximum atomic E-state index is 11.9. The van der Waals surface area contributed by atoms with Crippen molar-refractivity contribution >= 4 is 5.91 Å². The fourth-order valence-electron chi connectivity index (χ4n) is 3.64. The van der Waals surface area contributed by atoms with Crippen molar-refractivity contribution in [3.63, 3.8) is 0 Å². The number of nitrogens with one attached hydrogen (secondary N) is 2. The molecule has 3 rings (SSSR count). The van der Waals surface area contributed by atoms with Crippen LogP contribution in [0.3, 0.4) is 0 Å². The van der Waals surface area contributed by atoms with Crippen molar-refractivity contribution in [3.8, 4) is 0 Å². The van der Waals surface area contributed by atoms with Crippen molar-refractivity contribution in [2.75, 3.05) is 13.1 Å². The summed E-state index contributed by atoms with van der Waals surface area (Å²) in [5.74, 6) is 3.02. The van der Waals surface area contributed by atoms with E-state index >= 15 is 0 Å². The quantitative estimate of drug-likeness (QED) is 0.741. The van der Waals surface area contributed by atoms with Gasteiger partial charge >= 0.3 is 0 Å². The van der Waals surface area contributed by atoms with Gasteiger partial charge in [0.05, 0.1) is 6.54 Å². The molecule has 3 nitrogen and oxygen atoms in total. The molecular weight excluding hydrogens is 236 g/mol. The molecule has 0 saturated heterocycles. The van der Waals surface area contributed by atoms with Crippen molar-refractivity contribution in [1.82, 2.24) is 10.6 Å². The summed E-state index contributed by atoms with van der Waals surface area (Å²) in [6, 6.07) is 0.450. The normalized spacial score (nSPS) is 24.7. The first-order valence-corrected chi connectivity index (χ1v) is 8.33. The Labute approximate surface area is 116 Å². The molecule has 0 aromatic heterocycles. The van der Waals surface area contributed by atoms with Crippen LogP contribution in [0, 0.1) is 17.8 Å². The highest BCUT2D eigenvalue weighted by Gasteiger charge is 2.40. The zero-order valence-electron chi connectivity index (χ0n) is 12.0. The van der Waals surface area contributed by atoms with E-state index in [2.05, 4.69) is 10.6 Å². The molecule has 19 heavy (non-hydrogen) atoms. The van der Waals surface area contributed by atoms with E-state index in [1.807, 2.05) is 0 Å². The Morgan fingerprint density at radius 3 is 2.16 bits per heavy atom. The molecule has 3 heteroatoms. The van der Waals surface area contributed by atoms with Crippen LogP contribution in [0.4, 0.5) is 0 Å². The first kappa shape index (κ1) is 13.4. The van der Waals surface area contributed by atoms with E-state index in [9.17, 15) is 4.79 Å². The van der Waals surface area contributed by atoms with Gasteiger partial charge in [-0.05, 0) is 62.8 Å². The highest BCUT2D eigenvalue weighted by Crippen LogP contribution is 2.48. The molecule has 0 atom stereocenters. The number of amides is 1. The van der Waals surface area contributed by atoms with Crippen LogP contribution in [0.5, 0.6) is 0 Å². The minimum Gasteiger partial charge on any atom is -0.352 e. The van der Waals surface area contributed by atoms with Crippen molar-refractivity contribution < 1.29 is 4.79 Å². The van der Waals surface area contributed by atoms with Gasteiger partial charge < -0.3 is 10.6 Å². The zero-order valence-corrected chi connectivity index (χ0v) is 12.0. The summed E-state index contributed by atoms with van der Waals surface area (Å²) in [7, 11) is 0. The summed E-state index contributed by atoms with van der Waals surface area (Å²) in [4.78, 5) is 11.9. The van der Waals surface area contributed by atoms with Gasteiger partial charge in [0.15, 0.2) is 0 Å². The molecule has 1 amide bonds. The lowest BCUT2D eigenvalue weighted by molar-refractivity contribution is -0.121. The smallest absolute Gasteiger partial charge is 0.234 e. The van der Waals surface area contributed by atoms with Gasteiger partial charge in [0.1, 0.15) is 0 Å². The van der Waals surface area contributed by atoms with E-state index < -0.39 is 0 Å². The van der Waals surface area contributed by atoms with Gasteiger partial charge in [-0.3, -0.25) is 4.79 Å². The first-order valence-electron chi connectivity index (χ1n) is 8.33. The lowest BCUT2D eigenvalue weighted by Gasteiger charge is -2.23. The Hall–Kier alpha value is -0.570. The Kier molecular flexibility index (Phi) is 4.42. The Balaban J connectivity index is 1.31. The molecule has 3 aliphatic carbocycles. The summed E-state index contributed by atoms with van der Waals surface area (Å²) in [5, 5.41) is 6.59. The Morgan fingerprint density at radius 2 is 1.58 bits per heavy atom. The minimum atomic E-state index is 0.206. The molecule has 108 valence electrons. The molecule has 0 aliphatic heterocycles. The summed E-state index contributed by atoms with van der Waals surface area (Å²) in [6.45, 7) is 1.58. The fourth-order valence-corrected chi connectivity index (χ4v) is 3.64. The number of carbonyl (C=O) groups is 1. The van der Waals surface area contributed by atoms with Crippen LogP contribution < -0.4 is 10.6 Å². The Morgan fingerprint density at radius 1 is 0.947 bits per heavy atom. The fraction of sp³-hybridized carbons (Fsp3) is 0.938. The van der Waals surface area contributed by atoms with Gasteiger partial charge in [0.25, 0.3) is 0 Å². The van der Waals surface area contributed by atoms with Crippen molar-refractivity contribution in [3.05, 3.63) is 0 Å². The molecular formula is C16H28N2O. The summed E-state index contributed by atoms with van der Waals surface area (Å²) in [6.07, 6.45) is 12.0. The van der Waals surface area contributed by atoms with Crippen LogP contribution in [0.25, 0.3) is 0 Å². The van der Waals surface area contributed by atoms with Crippen molar-refractivity contribution in [1.29, 1.82) is 0 Å². The molecule has 2 N–H and O–H groups in total. The third kappa shape index (κ3) is 4.20. The second-order valence-corrected chi connectivity index (χ2v) is 6.87. The number of hydrogen-bond donors (Lipinski definition) is 2. The van der Waals surface area contributed by atoms with Crippen LogP contribution >= 0.6 is 0 Å². The molecule has 0 aromatic carbocycles. The van der Waals surface area contributed by atoms with Gasteiger partial charge in [-0.2, -0.15) is 0 Å². The predicted octanol–water partition coefficient (Wildman–Crippen LogP) is 2.46. The largest absolute Gasteiger partial charge is 0.352 e. The highest BCUT2D eigenvalue weighted by atomic mass is 16.1. The lowest BCUT2D eigenvalue weighted by atomic mass is 9.95. The first-order chi connectivity index (χ1) is 9.33. The van der Waals surface area contributed by atoms with Crippen LogP contribution in [0.1, 0.15) is 57.8 Å². The third-order valence-corrected chi connectivity index (χ3v) is 5.09. The summed E-state index contributed by atoms with van der Waals surface area (Å²) < 4.78 is 0. The van der Waals surface area contributed by atoms with Crippen molar-refractivity contribution in [2.24, 2.45) is 17.8 Å². The van der Waals surface area contributed by atoms with Crippen LogP contribution in [-0.2, 0) is 4.79 Å². The van der Waals surface area contributed by atoms with Gasteiger partial charge in [-0.1, -0.05) is 19.3 Å². The molecule has 0 spiro atoms. The molecule has 0 unspecified atom stereocenters. The summed E-state index contributed by atoms with van der Waals surface area (Å²) in [5.41, 5.74) is 0. The predicted molar refractivity (Wildman–Crippen MR) is 76.8 cm³/mol. The molecule has 3 saturated carbocycles. The van der Waals surface area contributed by atoms with E-state index in [1.165, 1.54) is 57.8 Å². The topological polar surface area (TPSA) is 41.1 Å². The SMILES string of the molecule is O=C(CNCC(C1CC1)C1CC1)NC1CCCCC1. The Bertz CT molecular complexity index is 292. The van der Waals surface area contributed by atoms with Gasteiger partial charge in [0.2, 0.25) is 5.91 Å². The number of rotatable bonds is 7. The second kappa shape index (κ2) is 6.25. The van der Waals surface area contributed by atoms with Gasteiger partial charge in [0, 0.05) is 6.04 Å². The number of carbonyl (C=O) groups excluding carboxylic acids is 1.